The molecule has 5 heteroatoms. The molecule has 0 unspecified atom stereocenters. The number of aliphatic hydroxyl groups is 1. The Bertz CT molecular complexity index is 1020. The highest BCUT2D eigenvalue weighted by Gasteiger charge is 2.40. The van der Waals surface area contributed by atoms with Gasteiger partial charge in [0.25, 0.3) is 0 Å². The fourth-order valence-electron chi connectivity index (χ4n) is 4.14. The van der Waals surface area contributed by atoms with Gasteiger partial charge in [0.1, 0.15) is 5.82 Å². The van der Waals surface area contributed by atoms with Crippen LogP contribution in [0.3, 0.4) is 0 Å². The van der Waals surface area contributed by atoms with Crippen molar-refractivity contribution in [3.63, 3.8) is 0 Å². The quantitative estimate of drug-likeness (QED) is 0.520. The van der Waals surface area contributed by atoms with Gasteiger partial charge in [-0.15, -0.1) is 0 Å². The number of hydrogen-bond donors (Lipinski definition) is 3. The zero-order chi connectivity index (χ0) is 18.8. The third-order valence-electron chi connectivity index (χ3n) is 5.53. The number of aryl methyl sites for hydroxylation is 1. The zero-order valence-corrected chi connectivity index (χ0v) is 16.0. The Morgan fingerprint density at radius 3 is 2.65 bits per heavy atom. The second-order valence-corrected chi connectivity index (χ2v) is 8.20. The molecule has 2 heterocycles. The van der Waals surface area contributed by atoms with E-state index < -0.39 is 11.6 Å². The lowest BCUT2D eigenvalue weighted by Crippen LogP contribution is -2.50. The van der Waals surface area contributed by atoms with Crippen LogP contribution in [0.1, 0.15) is 37.8 Å². The van der Waals surface area contributed by atoms with E-state index in [1.165, 1.54) is 12.1 Å². The maximum atomic E-state index is 14.2. The van der Waals surface area contributed by atoms with Crippen molar-refractivity contribution < 1.29 is 9.50 Å². The number of H-pyrrole nitrogens is 1. The number of rotatable bonds is 1. The highest BCUT2D eigenvalue weighted by Crippen LogP contribution is 2.48. The molecule has 1 aromatic heterocycles. The molecule has 0 fully saturated rings. The molecule has 1 aliphatic heterocycles. The number of nitrogens with one attached hydrogen (secondary N) is 2. The first-order valence-electron chi connectivity index (χ1n) is 8.77. The van der Waals surface area contributed by atoms with Crippen molar-refractivity contribution in [2.24, 2.45) is 0 Å². The van der Waals surface area contributed by atoms with Crippen molar-refractivity contribution in [3.8, 4) is 11.1 Å². The summed E-state index contributed by atoms with van der Waals surface area (Å²) < 4.78 is 14.2. The van der Waals surface area contributed by atoms with Crippen molar-refractivity contribution in [2.75, 3.05) is 5.32 Å². The molecule has 0 bridgehead atoms. The van der Waals surface area contributed by atoms with Crippen LogP contribution in [0.4, 0.5) is 10.1 Å². The Morgan fingerprint density at radius 2 is 1.92 bits per heavy atom. The van der Waals surface area contributed by atoms with Crippen LogP contribution in [0.15, 0.2) is 30.5 Å². The predicted octanol–water partition coefficient (Wildman–Crippen LogP) is 5.60. The Labute approximate surface area is 157 Å². The molecule has 0 aliphatic carbocycles. The number of hydrogen-bond acceptors (Lipinski definition) is 2. The second kappa shape index (κ2) is 5.73. The molecule has 4 rings (SSSR count). The Hall–Kier alpha value is -2.04. The number of aromatic amines is 1. The van der Waals surface area contributed by atoms with Crippen molar-refractivity contribution in [1.29, 1.82) is 0 Å². The van der Waals surface area contributed by atoms with E-state index in [0.29, 0.717) is 5.02 Å². The lowest BCUT2D eigenvalue weighted by Gasteiger charge is -2.43. The van der Waals surface area contributed by atoms with Gasteiger partial charge in [-0.3, -0.25) is 0 Å². The van der Waals surface area contributed by atoms with Crippen LogP contribution in [-0.2, 0) is 0 Å². The van der Waals surface area contributed by atoms with Gasteiger partial charge in [-0.25, -0.2) is 4.39 Å². The zero-order valence-electron chi connectivity index (χ0n) is 15.2. The highest BCUT2D eigenvalue weighted by atomic mass is 35.5. The maximum absolute atomic E-state index is 14.2. The van der Waals surface area contributed by atoms with Gasteiger partial charge >= 0.3 is 0 Å². The summed E-state index contributed by atoms with van der Waals surface area (Å²) in [6.45, 7) is 7.95. The molecular weight excluding hydrogens is 351 g/mol. The van der Waals surface area contributed by atoms with Crippen LogP contribution in [0, 0.1) is 12.7 Å². The van der Waals surface area contributed by atoms with Crippen molar-refractivity contribution in [3.05, 3.63) is 52.4 Å². The van der Waals surface area contributed by atoms with E-state index in [1.807, 2.05) is 39.8 Å². The third kappa shape index (κ3) is 2.43. The fraction of sp³-hybridized carbons (Fsp3) is 0.333. The minimum Gasteiger partial charge on any atom is -0.390 e. The first-order valence-corrected chi connectivity index (χ1v) is 9.14. The van der Waals surface area contributed by atoms with Crippen LogP contribution in [0.2, 0.25) is 5.02 Å². The van der Waals surface area contributed by atoms with Crippen LogP contribution < -0.4 is 5.32 Å². The summed E-state index contributed by atoms with van der Waals surface area (Å²) in [7, 11) is 0. The molecule has 26 heavy (non-hydrogen) atoms. The second-order valence-electron chi connectivity index (χ2n) is 7.82. The van der Waals surface area contributed by atoms with Crippen LogP contribution in [0.25, 0.3) is 22.0 Å². The molecule has 2 aromatic carbocycles. The molecule has 0 amide bonds. The van der Waals surface area contributed by atoms with E-state index in [0.717, 1.165) is 38.8 Å². The van der Waals surface area contributed by atoms with Gasteiger partial charge in [0.15, 0.2) is 0 Å². The van der Waals surface area contributed by atoms with E-state index in [2.05, 4.69) is 10.3 Å². The maximum Gasteiger partial charge on any atom is 0.124 e. The molecule has 136 valence electrons. The van der Waals surface area contributed by atoms with Gasteiger partial charge in [0.05, 0.1) is 22.2 Å². The molecule has 0 spiro atoms. The first kappa shape index (κ1) is 17.4. The summed E-state index contributed by atoms with van der Waals surface area (Å²) in [4.78, 5) is 3.18. The minimum atomic E-state index is -0.583. The molecule has 0 radical (unpaired) electrons. The molecule has 0 saturated carbocycles. The molecule has 2 atom stereocenters. The lowest BCUT2D eigenvalue weighted by molar-refractivity contribution is 0.0869. The topological polar surface area (TPSA) is 48.0 Å². The van der Waals surface area contributed by atoms with Gasteiger partial charge in [-0.05, 0) is 50.6 Å². The molecule has 3 nitrogen and oxygen atoms in total. The van der Waals surface area contributed by atoms with E-state index in [9.17, 15) is 9.50 Å². The van der Waals surface area contributed by atoms with Gasteiger partial charge in [-0.1, -0.05) is 18.5 Å². The third-order valence-corrected chi connectivity index (χ3v) is 5.93. The van der Waals surface area contributed by atoms with E-state index in [1.54, 1.807) is 6.20 Å². The molecule has 3 aromatic rings. The summed E-state index contributed by atoms with van der Waals surface area (Å²) in [5.41, 5.74) is 4.77. The lowest BCUT2D eigenvalue weighted by atomic mass is 9.77. The van der Waals surface area contributed by atoms with Gasteiger partial charge < -0.3 is 15.4 Å². The van der Waals surface area contributed by atoms with Crippen molar-refractivity contribution in [2.45, 2.75) is 45.3 Å². The highest BCUT2D eigenvalue weighted by molar-refractivity contribution is 6.35. The van der Waals surface area contributed by atoms with Gasteiger partial charge in [0.2, 0.25) is 0 Å². The average molecular weight is 373 g/mol. The smallest absolute Gasteiger partial charge is 0.124 e. The van der Waals surface area contributed by atoms with E-state index >= 15 is 0 Å². The Kier molecular flexibility index (Phi) is 3.83. The number of aromatic nitrogens is 1. The fourth-order valence-corrected chi connectivity index (χ4v) is 4.56. The minimum absolute atomic E-state index is 0.139. The molecule has 0 saturated heterocycles. The number of fused-ring (bicyclic) bond motifs is 2. The van der Waals surface area contributed by atoms with Crippen molar-refractivity contribution >= 4 is 28.2 Å². The Balaban J connectivity index is 2.01. The summed E-state index contributed by atoms with van der Waals surface area (Å²) >= 11 is 6.82. The SMILES string of the molecule is Cc1cc(-c2cc(F)cc3cc[nH]c23)c(Cl)c2c1NC(C)(C)[C@H](O)[C@H]2C. The van der Waals surface area contributed by atoms with Crippen molar-refractivity contribution in [1.82, 2.24) is 4.98 Å². The van der Waals surface area contributed by atoms with Gasteiger partial charge in [-0.2, -0.15) is 0 Å². The first-order chi connectivity index (χ1) is 12.2. The molecular formula is C21H22ClFN2O. The number of anilines is 1. The number of aliphatic hydroxyl groups excluding tert-OH is 1. The predicted molar refractivity (Wildman–Crippen MR) is 106 cm³/mol. The monoisotopic (exact) mass is 372 g/mol. The summed E-state index contributed by atoms with van der Waals surface area (Å²) in [6.07, 6.45) is 1.21. The number of benzene rings is 2. The summed E-state index contributed by atoms with van der Waals surface area (Å²) in [6, 6.07) is 6.85. The largest absolute Gasteiger partial charge is 0.390 e. The van der Waals surface area contributed by atoms with Crippen LogP contribution >= 0.6 is 11.6 Å². The summed E-state index contributed by atoms with van der Waals surface area (Å²) in [5.74, 6) is -0.439. The summed E-state index contributed by atoms with van der Waals surface area (Å²) in [5, 5.41) is 15.5. The normalized spacial score (nSPS) is 21.5. The molecule has 3 N–H and O–H groups in total. The van der Waals surface area contributed by atoms with Crippen LogP contribution in [-0.4, -0.2) is 21.7 Å². The Morgan fingerprint density at radius 1 is 1.19 bits per heavy atom. The number of halogens is 2. The standard InChI is InChI=1S/C21H22ClFN2O/c1-10-7-14(15-9-13(23)8-12-5-6-24-19(12)15)17(22)16-11(2)20(26)21(3,4)25-18(10)16/h5-9,11,20,24-26H,1-4H3/t11-,20+/m0/s1. The van der Waals surface area contributed by atoms with Gasteiger partial charge in [0, 0.05) is 39.9 Å². The van der Waals surface area contributed by atoms with E-state index in [-0.39, 0.29) is 11.7 Å². The molecule has 1 aliphatic rings. The van der Waals surface area contributed by atoms with E-state index in [4.69, 9.17) is 11.6 Å². The van der Waals surface area contributed by atoms with Crippen LogP contribution in [0.5, 0.6) is 0 Å². The average Bonchev–Trinajstić information content (AvgIpc) is 3.03.